The van der Waals surface area contributed by atoms with E-state index in [-0.39, 0.29) is 22.9 Å². The van der Waals surface area contributed by atoms with Crippen molar-refractivity contribution in [3.8, 4) is 16.9 Å². The highest BCUT2D eigenvalue weighted by Crippen LogP contribution is 2.46. The largest absolute Gasteiger partial charge is 0.508 e. The summed E-state index contributed by atoms with van der Waals surface area (Å²) in [5.41, 5.74) is 4.66. The molecule has 5 nitrogen and oxygen atoms in total. The first kappa shape index (κ1) is 23.7. The van der Waals surface area contributed by atoms with Crippen molar-refractivity contribution in [3.63, 3.8) is 0 Å². The first-order valence-corrected chi connectivity index (χ1v) is 13.9. The number of carbonyl (C=O) groups is 1. The van der Waals surface area contributed by atoms with Crippen LogP contribution < -0.4 is 4.90 Å². The summed E-state index contributed by atoms with van der Waals surface area (Å²) in [5.74, 6) is 0.608. The number of phenols is 1. The lowest BCUT2D eigenvalue weighted by Crippen LogP contribution is -2.57. The van der Waals surface area contributed by atoms with Crippen molar-refractivity contribution in [2.45, 2.75) is 17.4 Å². The number of hydrogen-bond donors (Lipinski definition) is 2. The summed E-state index contributed by atoms with van der Waals surface area (Å²) >= 11 is 3.16. The maximum atomic E-state index is 13.4. The number of aromatic hydroxyl groups is 1. The van der Waals surface area contributed by atoms with Crippen LogP contribution in [0.15, 0.2) is 103 Å². The number of thiophene rings is 1. The Bertz CT molecular complexity index is 1540. The molecule has 7 heteroatoms. The van der Waals surface area contributed by atoms with E-state index in [0.29, 0.717) is 5.75 Å². The molecule has 2 N–H and O–H groups in total. The molecule has 3 atom stereocenters. The van der Waals surface area contributed by atoms with E-state index in [2.05, 4.69) is 11.1 Å². The van der Waals surface area contributed by atoms with E-state index in [9.17, 15) is 15.0 Å². The Labute approximate surface area is 223 Å². The molecule has 0 unspecified atom stereocenters. The zero-order valence-corrected chi connectivity index (χ0v) is 21.4. The molecule has 2 aromatic heterocycles. The van der Waals surface area contributed by atoms with Gasteiger partial charge in [0.2, 0.25) is 5.91 Å². The Balaban J connectivity index is 1.23. The van der Waals surface area contributed by atoms with Gasteiger partial charge in [-0.25, -0.2) is 0 Å². The van der Waals surface area contributed by atoms with Gasteiger partial charge in [0.1, 0.15) is 11.0 Å². The number of phenolic OH excluding ortho intramolecular Hbond substituents is 1. The van der Waals surface area contributed by atoms with Crippen LogP contribution in [0.2, 0.25) is 0 Å². The van der Waals surface area contributed by atoms with Crippen molar-refractivity contribution in [2.24, 2.45) is 0 Å². The van der Waals surface area contributed by atoms with Gasteiger partial charge in [-0.2, -0.15) is 0 Å². The Morgan fingerprint density at radius 3 is 2.54 bits per heavy atom. The summed E-state index contributed by atoms with van der Waals surface area (Å²) in [5, 5.41) is 23.5. The predicted molar refractivity (Wildman–Crippen MR) is 151 cm³/mol. The minimum atomic E-state index is -0.671. The van der Waals surface area contributed by atoms with Gasteiger partial charge in [-0.3, -0.25) is 9.78 Å². The van der Waals surface area contributed by atoms with Gasteiger partial charge >= 0.3 is 0 Å². The number of thioether (sulfide) groups is 1. The molecule has 0 aliphatic carbocycles. The number of benzene rings is 3. The SMILES string of the molecule is O=C1[C@H](SC[C@H](O)c2ccc3sccc3c2)[C@@H](c2ccc(O)cc2)N1c1ccc(-c2cccnc2)cc1. The summed E-state index contributed by atoms with van der Waals surface area (Å²) in [7, 11) is 0. The van der Waals surface area contributed by atoms with Gasteiger partial charge < -0.3 is 15.1 Å². The first-order chi connectivity index (χ1) is 18.1. The molecule has 0 radical (unpaired) electrons. The third-order valence-electron chi connectivity index (χ3n) is 6.72. The molecule has 184 valence electrons. The van der Waals surface area contributed by atoms with Crippen molar-refractivity contribution in [3.05, 3.63) is 114 Å². The number of aliphatic hydroxyl groups is 1. The number of β-lactam (4-membered cyclic amide) rings is 1. The maximum Gasteiger partial charge on any atom is 0.243 e. The molecular weight excluding hydrogens is 500 g/mol. The number of anilines is 1. The summed E-state index contributed by atoms with van der Waals surface area (Å²) in [4.78, 5) is 19.4. The molecule has 5 aromatic rings. The van der Waals surface area contributed by atoms with Crippen LogP contribution in [0.5, 0.6) is 5.75 Å². The average molecular weight is 525 g/mol. The van der Waals surface area contributed by atoms with Crippen molar-refractivity contribution < 1.29 is 15.0 Å². The lowest BCUT2D eigenvalue weighted by molar-refractivity contribution is -0.123. The van der Waals surface area contributed by atoms with Crippen molar-refractivity contribution >= 4 is 44.8 Å². The van der Waals surface area contributed by atoms with Gasteiger partial charge in [0.05, 0.1) is 12.1 Å². The molecule has 1 saturated heterocycles. The second-order valence-corrected chi connectivity index (χ2v) is 11.1. The highest BCUT2D eigenvalue weighted by Gasteiger charge is 2.49. The summed E-state index contributed by atoms with van der Waals surface area (Å²) in [6.07, 6.45) is 2.89. The Morgan fingerprint density at radius 2 is 1.78 bits per heavy atom. The summed E-state index contributed by atoms with van der Waals surface area (Å²) in [6, 6.07) is 26.7. The minimum Gasteiger partial charge on any atom is -0.508 e. The highest BCUT2D eigenvalue weighted by atomic mass is 32.2. The second-order valence-electron chi connectivity index (χ2n) is 9.02. The standard InChI is InChI=1S/C30H24N2O3S2/c33-25-10-5-20(6-11-25)28-29(37-18-26(34)21-7-12-27-22(16-21)13-15-36-27)30(35)32(28)24-8-3-19(4-9-24)23-2-1-14-31-17-23/h1-17,26,28-29,33-34H,18H2/t26-,28+,29+/m0/s1. The Kier molecular flexibility index (Phi) is 6.42. The van der Waals surface area contributed by atoms with Crippen LogP contribution in [-0.2, 0) is 4.79 Å². The van der Waals surface area contributed by atoms with E-state index >= 15 is 0 Å². The fraction of sp³-hybridized carbons (Fsp3) is 0.133. The van der Waals surface area contributed by atoms with Crippen LogP contribution in [0.4, 0.5) is 5.69 Å². The number of hydrogen-bond acceptors (Lipinski definition) is 6. The van der Waals surface area contributed by atoms with Crippen LogP contribution in [0.3, 0.4) is 0 Å². The third kappa shape index (κ3) is 4.62. The quantitative estimate of drug-likeness (QED) is 0.235. The molecule has 3 aromatic carbocycles. The number of aromatic nitrogens is 1. The Hall–Kier alpha value is -3.65. The molecule has 1 aliphatic heterocycles. The normalized spacial score (nSPS) is 18.1. The lowest BCUT2D eigenvalue weighted by atomic mass is 9.92. The fourth-order valence-electron chi connectivity index (χ4n) is 4.74. The number of pyridine rings is 1. The zero-order chi connectivity index (χ0) is 25.4. The third-order valence-corrected chi connectivity index (χ3v) is 8.94. The van der Waals surface area contributed by atoms with Gasteiger partial charge in [-0.05, 0) is 81.6 Å². The zero-order valence-electron chi connectivity index (χ0n) is 19.8. The number of nitrogens with zero attached hydrogens (tertiary/aromatic N) is 2. The predicted octanol–water partition coefficient (Wildman–Crippen LogP) is 6.59. The van der Waals surface area contributed by atoms with Crippen molar-refractivity contribution in [1.82, 2.24) is 4.98 Å². The number of amides is 1. The molecule has 1 amide bonds. The number of carbonyl (C=O) groups excluding carboxylic acids is 1. The molecule has 0 bridgehead atoms. The molecule has 37 heavy (non-hydrogen) atoms. The molecule has 3 heterocycles. The van der Waals surface area contributed by atoms with E-state index in [0.717, 1.165) is 33.3 Å². The minimum absolute atomic E-state index is 0.0117. The van der Waals surface area contributed by atoms with Crippen LogP contribution in [0, 0.1) is 0 Å². The number of rotatable bonds is 7. The van der Waals surface area contributed by atoms with E-state index in [1.165, 1.54) is 16.5 Å². The van der Waals surface area contributed by atoms with Crippen LogP contribution in [0.25, 0.3) is 21.2 Å². The van der Waals surface area contributed by atoms with Crippen LogP contribution in [-0.4, -0.2) is 32.1 Å². The summed E-state index contributed by atoms with van der Waals surface area (Å²) < 4.78 is 1.19. The smallest absolute Gasteiger partial charge is 0.243 e. The number of fused-ring (bicyclic) bond motifs is 1. The average Bonchev–Trinajstić information content (AvgIpc) is 3.41. The van der Waals surface area contributed by atoms with E-state index in [1.54, 1.807) is 34.6 Å². The molecule has 1 fully saturated rings. The maximum absolute atomic E-state index is 13.4. The molecule has 0 spiro atoms. The van der Waals surface area contributed by atoms with E-state index < -0.39 is 6.10 Å². The topological polar surface area (TPSA) is 73.7 Å². The fourth-order valence-corrected chi connectivity index (χ4v) is 6.81. The van der Waals surface area contributed by atoms with Gasteiger partial charge in [0.25, 0.3) is 0 Å². The van der Waals surface area contributed by atoms with E-state index in [1.807, 2.05) is 78.3 Å². The van der Waals surface area contributed by atoms with Gasteiger partial charge in [-0.15, -0.1) is 23.1 Å². The molecular formula is C30H24N2O3S2. The number of aliphatic hydroxyl groups excluding tert-OH is 1. The van der Waals surface area contributed by atoms with Gasteiger partial charge in [0, 0.05) is 28.5 Å². The molecule has 1 aliphatic rings. The van der Waals surface area contributed by atoms with Crippen LogP contribution in [0.1, 0.15) is 23.3 Å². The summed E-state index contributed by atoms with van der Waals surface area (Å²) in [6.45, 7) is 0. The van der Waals surface area contributed by atoms with Crippen molar-refractivity contribution in [1.29, 1.82) is 0 Å². The van der Waals surface area contributed by atoms with Crippen molar-refractivity contribution in [2.75, 3.05) is 10.7 Å². The molecule has 0 saturated carbocycles. The second kappa shape index (κ2) is 10.0. The van der Waals surface area contributed by atoms with Crippen LogP contribution >= 0.6 is 23.1 Å². The Morgan fingerprint density at radius 1 is 0.973 bits per heavy atom. The first-order valence-electron chi connectivity index (χ1n) is 12.0. The van der Waals surface area contributed by atoms with E-state index in [4.69, 9.17) is 0 Å². The van der Waals surface area contributed by atoms with Gasteiger partial charge in [0.15, 0.2) is 0 Å². The van der Waals surface area contributed by atoms with Gasteiger partial charge in [-0.1, -0.05) is 36.4 Å². The molecule has 6 rings (SSSR count). The highest BCUT2D eigenvalue weighted by molar-refractivity contribution is 8.00. The monoisotopic (exact) mass is 524 g/mol. The lowest BCUT2D eigenvalue weighted by Gasteiger charge is -2.47.